The molecular formula is C25H27N3O3S. The molecule has 166 valence electrons. The van der Waals surface area contributed by atoms with Crippen molar-refractivity contribution in [3.05, 3.63) is 64.7 Å². The molecule has 1 fully saturated rings. The fraction of sp³-hybridized carbons (Fsp3) is 0.320. The summed E-state index contributed by atoms with van der Waals surface area (Å²) in [5, 5.41) is 2.33. The molecule has 0 radical (unpaired) electrons. The minimum absolute atomic E-state index is 0.0347. The number of amides is 1. The highest BCUT2D eigenvalue weighted by Crippen LogP contribution is 2.39. The van der Waals surface area contributed by atoms with Crippen molar-refractivity contribution in [2.24, 2.45) is 0 Å². The third-order valence-corrected chi connectivity index (χ3v) is 7.25. The third kappa shape index (κ3) is 3.77. The number of hydrogen-bond acceptors (Lipinski definition) is 5. The molecule has 0 aliphatic carbocycles. The van der Waals surface area contributed by atoms with E-state index >= 15 is 0 Å². The Hall–Kier alpha value is -2.87. The van der Waals surface area contributed by atoms with Crippen LogP contribution in [0.3, 0.4) is 0 Å². The molecule has 6 nitrogen and oxygen atoms in total. The lowest BCUT2D eigenvalue weighted by Crippen LogP contribution is -2.38. The zero-order chi connectivity index (χ0) is 22.2. The highest BCUT2D eigenvalue weighted by Gasteiger charge is 2.30. The molecule has 1 N–H and O–H groups in total. The summed E-state index contributed by atoms with van der Waals surface area (Å²) in [7, 11) is 5.29. The maximum Gasteiger partial charge on any atom is 0.263 e. The van der Waals surface area contributed by atoms with Crippen LogP contribution in [0.1, 0.15) is 26.9 Å². The van der Waals surface area contributed by atoms with Crippen LogP contribution in [-0.2, 0) is 11.3 Å². The van der Waals surface area contributed by atoms with E-state index in [0.717, 1.165) is 51.4 Å². The number of nitrogens with zero attached hydrogens (tertiary/aromatic N) is 2. The van der Waals surface area contributed by atoms with Crippen molar-refractivity contribution in [2.45, 2.75) is 12.6 Å². The average Bonchev–Trinajstić information content (AvgIpc) is 3.39. The third-order valence-electron chi connectivity index (χ3n) is 6.08. The molecule has 3 heterocycles. The molecule has 2 aromatic carbocycles. The van der Waals surface area contributed by atoms with E-state index in [-0.39, 0.29) is 12.0 Å². The summed E-state index contributed by atoms with van der Waals surface area (Å²) in [6, 6.07) is 14.4. The summed E-state index contributed by atoms with van der Waals surface area (Å²) >= 11 is 1.56. The molecular weight excluding hydrogens is 422 g/mol. The van der Waals surface area contributed by atoms with E-state index in [1.807, 2.05) is 24.3 Å². The van der Waals surface area contributed by atoms with Crippen LogP contribution in [0, 0.1) is 0 Å². The van der Waals surface area contributed by atoms with Crippen molar-refractivity contribution < 1.29 is 14.3 Å². The van der Waals surface area contributed by atoms with E-state index in [9.17, 15) is 4.79 Å². The number of ether oxygens (including phenoxy) is 2. The summed E-state index contributed by atoms with van der Waals surface area (Å²) in [5.41, 5.74) is 3.35. The molecule has 32 heavy (non-hydrogen) atoms. The molecule has 1 saturated heterocycles. The van der Waals surface area contributed by atoms with E-state index in [1.54, 1.807) is 37.4 Å². The van der Waals surface area contributed by atoms with E-state index in [0.29, 0.717) is 6.61 Å². The standard InChI is InChI=1S/C25H27N3O3S/c1-27(2)25(29)24-23(19-6-4-5-7-22(19)32-24)21-15-28(10-11-31-21)14-16-13-26-20-12-17(30-3)8-9-18(16)20/h4-9,12-13,21,26H,10-11,14-15H2,1-3H3. The lowest BCUT2D eigenvalue weighted by Gasteiger charge is -2.33. The highest BCUT2D eigenvalue weighted by molar-refractivity contribution is 7.21. The number of morpholine rings is 1. The topological polar surface area (TPSA) is 57.8 Å². The number of carbonyl (C=O) groups excluding carboxylic acids is 1. The first kappa shape index (κ1) is 21.0. The fourth-order valence-electron chi connectivity index (χ4n) is 4.43. The fourth-order valence-corrected chi connectivity index (χ4v) is 5.71. The molecule has 1 aliphatic rings. The average molecular weight is 450 g/mol. The summed E-state index contributed by atoms with van der Waals surface area (Å²) in [4.78, 5) is 21.2. The van der Waals surface area contributed by atoms with E-state index in [4.69, 9.17) is 9.47 Å². The Balaban J connectivity index is 1.44. The zero-order valence-corrected chi connectivity index (χ0v) is 19.4. The van der Waals surface area contributed by atoms with Gasteiger partial charge in [0.15, 0.2) is 0 Å². The maximum absolute atomic E-state index is 13.0. The SMILES string of the molecule is COc1ccc2c(CN3CCOC(c4c(C(=O)N(C)C)sc5ccccc45)C3)c[nH]c2c1. The van der Waals surface area contributed by atoms with Crippen LogP contribution in [-0.4, -0.2) is 61.6 Å². The number of H-pyrrole nitrogens is 1. The Kier molecular flexibility index (Phi) is 5.63. The number of benzene rings is 2. The Labute approximate surface area is 191 Å². The summed E-state index contributed by atoms with van der Waals surface area (Å²) in [6.07, 6.45) is 1.94. The number of nitrogens with one attached hydrogen (secondary N) is 1. The van der Waals surface area contributed by atoms with Gasteiger partial charge in [-0.1, -0.05) is 18.2 Å². The van der Waals surface area contributed by atoms with Gasteiger partial charge in [-0.15, -0.1) is 11.3 Å². The Bertz CT molecular complexity index is 1280. The van der Waals surface area contributed by atoms with Gasteiger partial charge < -0.3 is 19.4 Å². The number of methoxy groups -OCH3 is 1. The van der Waals surface area contributed by atoms with Crippen molar-refractivity contribution in [1.29, 1.82) is 0 Å². The van der Waals surface area contributed by atoms with Gasteiger partial charge in [0.05, 0.1) is 24.7 Å². The van der Waals surface area contributed by atoms with Crippen LogP contribution >= 0.6 is 11.3 Å². The Morgan fingerprint density at radius 3 is 2.91 bits per heavy atom. The lowest BCUT2D eigenvalue weighted by molar-refractivity contribution is -0.0322. The molecule has 4 aromatic rings. The van der Waals surface area contributed by atoms with Crippen molar-refractivity contribution in [2.75, 3.05) is 40.9 Å². The van der Waals surface area contributed by atoms with Crippen LogP contribution in [0.5, 0.6) is 5.75 Å². The largest absolute Gasteiger partial charge is 0.497 e. The highest BCUT2D eigenvalue weighted by atomic mass is 32.1. The van der Waals surface area contributed by atoms with Gasteiger partial charge in [-0.05, 0) is 29.1 Å². The molecule has 1 aliphatic heterocycles. The molecule has 5 rings (SSSR count). The summed E-state index contributed by atoms with van der Waals surface area (Å²) in [5.74, 6) is 0.882. The number of rotatable bonds is 5. The van der Waals surface area contributed by atoms with Crippen LogP contribution in [0.15, 0.2) is 48.7 Å². The molecule has 1 amide bonds. The minimum Gasteiger partial charge on any atom is -0.497 e. The van der Waals surface area contributed by atoms with E-state index in [2.05, 4.69) is 34.3 Å². The monoisotopic (exact) mass is 449 g/mol. The molecule has 0 saturated carbocycles. The number of aromatic nitrogens is 1. The number of carbonyl (C=O) groups is 1. The van der Waals surface area contributed by atoms with E-state index in [1.165, 1.54) is 10.9 Å². The second-order valence-corrected chi connectivity index (χ2v) is 9.41. The van der Waals surface area contributed by atoms with Gasteiger partial charge in [-0.25, -0.2) is 0 Å². The zero-order valence-electron chi connectivity index (χ0n) is 18.6. The molecule has 2 aromatic heterocycles. The Morgan fingerprint density at radius 1 is 1.25 bits per heavy atom. The van der Waals surface area contributed by atoms with Crippen LogP contribution in [0.4, 0.5) is 0 Å². The van der Waals surface area contributed by atoms with Crippen molar-refractivity contribution >= 4 is 38.2 Å². The maximum atomic E-state index is 13.0. The molecule has 0 bridgehead atoms. The molecule has 1 unspecified atom stereocenters. The number of fused-ring (bicyclic) bond motifs is 2. The molecule has 7 heteroatoms. The van der Waals surface area contributed by atoms with Gasteiger partial charge >= 0.3 is 0 Å². The predicted molar refractivity (Wildman–Crippen MR) is 129 cm³/mol. The van der Waals surface area contributed by atoms with E-state index < -0.39 is 0 Å². The Morgan fingerprint density at radius 2 is 2.09 bits per heavy atom. The first-order chi connectivity index (χ1) is 15.5. The van der Waals surface area contributed by atoms with Crippen LogP contribution < -0.4 is 4.74 Å². The second kappa shape index (κ2) is 8.58. The quantitative estimate of drug-likeness (QED) is 0.481. The van der Waals surface area contributed by atoms with Crippen LogP contribution in [0.2, 0.25) is 0 Å². The number of aromatic amines is 1. The van der Waals surface area contributed by atoms with Crippen molar-refractivity contribution in [3.8, 4) is 5.75 Å². The summed E-state index contributed by atoms with van der Waals surface area (Å²) in [6.45, 7) is 3.07. The minimum atomic E-state index is -0.135. The van der Waals surface area contributed by atoms with Gasteiger partial charge in [-0.2, -0.15) is 0 Å². The smallest absolute Gasteiger partial charge is 0.263 e. The number of hydrogen-bond donors (Lipinski definition) is 1. The number of thiophene rings is 1. The van der Waals surface area contributed by atoms with Gasteiger partial charge in [-0.3, -0.25) is 9.69 Å². The van der Waals surface area contributed by atoms with Gasteiger partial charge in [0.25, 0.3) is 5.91 Å². The second-order valence-electron chi connectivity index (χ2n) is 8.36. The normalized spacial score (nSPS) is 17.2. The first-order valence-electron chi connectivity index (χ1n) is 10.8. The molecule has 0 spiro atoms. The van der Waals surface area contributed by atoms with Gasteiger partial charge in [0.1, 0.15) is 5.75 Å². The van der Waals surface area contributed by atoms with Gasteiger partial charge in [0, 0.05) is 67.2 Å². The lowest BCUT2D eigenvalue weighted by atomic mass is 10.0. The van der Waals surface area contributed by atoms with Crippen molar-refractivity contribution in [1.82, 2.24) is 14.8 Å². The first-order valence-corrected chi connectivity index (χ1v) is 11.6. The van der Waals surface area contributed by atoms with Crippen molar-refractivity contribution in [3.63, 3.8) is 0 Å². The van der Waals surface area contributed by atoms with Crippen LogP contribution in [0.25, 0.3) is 21.0 Å². The van der Waals surface area contributed by atoms with Gasteiger partial charge in [0.2, 0.25) is 0 Å². The predicted octanol–water partition coefficient (Wildman–Crippen LogP) is 4.67. The molecule has 1 atom stereocenters. The summed E-state index contributed by atoms with van der Waals surface area (Å²) < 4.78 is 12.7.